The molecule has 5 nitrogen and oxygen atoms in total. The SMILES string of the molecule is C[C@@H](OC(=O)CNC(=O)c1ccc(Br)o1)c1ccc(F)cc1. The van der Waals surface area contributed by atoms with E-state index in [1.807, 2.05) is 0 Å². The Bertz CT molecular complexity index is 668. The van der Waals surface area contributed by atoms with E-state index in [-0.39, 0.29) is 18.1 Å². The summed E-state index contributed by atoms with van der Waals surface area (Å²) in [6.07, 6.45) is -0.539. The normalized spacial score (nSPS) is 11.8. The molecule has 0 unspecified atom stereocenters. The van der Waals surface area contributed by atoms with Gasteiger partial charge in [0.1, 0.15) is 18.5 Å². The summed E-state index contributed by atoms with van der Waals surface area (Å²) >= 11 is 3.08. The van der Waals surface area contributed by atoms with Crippen LogP contribution < -0.4 is 5.32 Å². The summed E-state index contributed by atoms with van der Waals surface area (Å²) in [4.78, 5) is 23.4. The van der Waals surface area contributed by atoms with Gasteiger partial charge in [-0.1, -0.05) is 12.1 Å². The van der Waals surface area contributed by atoms with Crippen LogP contribution in [0.1, 0.15) is 29.1 Å². The molecule has 0 spiro atoms. The molecule has 2 rings (SSSR count). The second kappa shape index (κ2) is 7.22. The van der Waals surface area contributed by atoms with Crippen molar-refractivity contribution in [2.45, 2.75) is 13.0 Å². The Hall–Kier alpha value is -2.15. The first-order valence-electron chi connectivity index (χ1n) is 6.44. The number of rotatable bonds is 5. The van der Waals surface area contributed by atoms with Crippen molar-refractivity contribution in [3.05, 3.63) is 58.2 Å². The van der Waals surface area contributed by atoms with Crippen LogP contribution in [0.2, 0.25) is 0 Å². The first-order valence-corrected chi connectivity index (χ1v) is 7.23. The third-order valence-electron chi connectivity index (χ3n) is 2.84. The number of esters is 1. The van der Waals surface area contributed by atoms with E-state index < -0.39 is 18.0 Å². The molecular weight excluding hydrogens is 357 g/mol. The lowest BCUT2D eigenvalue weighted by Gasteiger charge is -2.13. The molecule has 0 aliphatic carbocycles. The number of amides is 1. The summed E-state index contributed by atoms with van der Waals surface area (Å²) in [7, 11) is 0. The zero-order chi connectivity index (χ0) is 16.1. The third-order valence-corrected chi connectivity index (χ3v) is 3.26. The fourth-order valence-corrected chi connectivity index (χ4v) is 2.02. The zero-order valence-electron chi connectivity index (χ0n) is 11.6. The Balaban J connectivity index is 1.82. The molecule has 1 aromatic carbocycles. The summed E-state index contributed by atoms with van der Waals surface area (Å²) in [6.45, 7) is 1.37. The van der Waals surface area contributed by atoms with Crippen LogP contribution in [-0.2, 0) is 9.53 Å². The van der Waals surface area contributed by atoms with Crippen molar-refractivity contribution in [2.75, 3.05) is 6.54 Å². The second-order valence-corrected chi connectivity index (χ2v) is 5.25. The van der Waals surface area contributed by atoms with Crippen LogP contribution in [0.3, 0.4) is 0 Å². The predicted molar refractivity (Wildman–Crippen MR) is 79.6 cm³/mol. The number of ether oxygens (including phenoxy) is 1. The van der Waals surface area contributed by atoms with Gasteiger partial charge in [0.2, 0.25) is 0 Å². The van der Waals surface area contributed by atoms with Gasteiger partial charge >= 0.3 is 5.97 Å². The van der Waals surface area contributed by atoms with Gasteiger partial charge in [-0.3, -0.25) is 9.59 Å². The molecular formula is C15H13BrFNO4. The van der Waals surface area contributed by atoms with Crippen LogP contribution in [0.15, 0.2) is 45.5 Å². The molecule has 22 heavy (non-hydrogen) atoms. The first-order chi connectivity index (χ1) is 10.5. The molecule has 0 radical (unpaired) electrons. The molecule has 1 atom stereocenters. The Morgan fingerprint density at radius 2 is 1.95 bits per heavy atom. The number of carbonyl (C=O) groups excluding carboxylic acids is 2. The molecule has 0 bridgehead atoms. The molecule has 1 heterocycles. The van der Waals surface area contributed by atoms with Crippen LogP contribution in [-0.4, -0.2) is 18.4 Å². The summed E-state index contributed by atoms with van der Waals surface area (Å²) in [5.41, 5.74) is 0.663. The molecule has 0 aliphatic rings. The van der Waals surface area contributed by atoms with Crippen LogP contribution in [0, 0.1) is 5.82 Å². The predicted octanol–water partition coefficient (Wildman–Crippen LogP) is 3.22. The van der Waals surface area contributed by atoms with Gasteiger partial charge in [-0.15, -0.1) is 0 Å². The summed E-state index contributed by atoms with van der Waals surface area (Å²) < 4.78 is 23.4. The maximum absolute atomic E-state index is 12.8. The lowest BCUT2D eigenvalue weighted by Crippen LogP contribution is -2.30. The average molecular weight is 370 g/mol. The standard InChI is InChI=1S/C15H13BrFNO4/c1-9(10-2-4-11(17)5-3-10)21-14(19)8-18-15(20)12-6-7-13(16)22-12/h2-7,9H,8H2,1H3,(H,18,20)/t9-/m1/s1. The van der Waals surface area contributed by atoms with E-state index in [2.05, 4.69) is 21.2 Å². The molecule has 2 aromatic rings. The van der Waals surface area contributed by atoms with Crippen molar-refractivity contribution in [1.82, 2.24) is 5.32 Å². The molecule has 116 valence electrons. The highest BCUT2D eigenvalue weighted by molar-refractivity contribution is 9.10. The molecule has 1 amide bonds. The number of furan rings is 1. The topological polar surface area (TPSA) is 68.5 Å². The van der Waals surface area contributed by atoms with Crippen molar-refractivity contribution >= 4 is 27.8 Å². The second-order valence-electron chi connectivity index (χ2n) is 4.47. The van der Waals surface area contributed by atoms with Gasteiger partial charge in [-0.25, -0.2) is 4.39 Å². The number of benzene rings is 1. The van der Waals surface area contributed by atoms with E-state index in [1.165, 1.54) is 30.3 Å². The molecule has 0 aliphatic heterocycles. The number of hydrogen-bond acceptors (Lipinski definition) is 4. The molecule has 1 N–H and O–H groups in total. The van der Waals surface area contributed by atoms with E-state index in [4.69, 9.17) is 9.15 Å². The highest BCUT2D eigenvalue weighted by Crippen LogP contribution is 2.17. The van der Waals surface area contributed by atoms with Gasteiger partial charge in [-0.2, -0.15) is 0 Å². The van der Waals surface area contributed by atoms with E-state index in [1.54, 1.807) is 13.0 Å². The average Bonchev–Trinajstić information content (AvgIpc) is 2.92. The smallest absolute Gasteiger partial charge is 0.326 e. The van der Waals surface area contributed by atoms with Gasteiger partial charge in [0.25, 0.3) is 5.91 Å². The quantitative estimate of drug-likeness (QED) is 0.821. The fourth-order valence-electron chi connectivity index (χ4n) is 1.72. The van der Waals surface area contributed by atoms with Crippen LogP contribution >= 0.6 is 15.9 Å². The molecule has 0 fully saturated rings. The van der Waals surface area contributed by atoms with E-state index in [0.717, 1.165) is 0 Å². The number of halogens is 2. The van der Waals surface area contributed by atoms with Crippen molar-refractivity contribution < 1.29 is 23.1 Å². The third kappa shape index (κ3) is 4.42. The van der Waals surface area contributed by atoms with Crippen molar-refractivity contribution in [2.24, 2.45) is 0 Å². The van der Waals surface area contributed by atoms with Gasteiger partial charge in [0.05, 0.1) is 0 Å². The van der Waals surface area contributed by atoms with Crippen molar-refractivity contribution in [3.63, 3.8) is 0 Å². The lowest BCUT2D eigenvalue weighted by atomic mass is 10.1. The maximum atomic E-state index is 12.8. The Morgan fingerprint density at radius 1 is 1.27 bits per heavy atom. The van der Waals surface area contributed by atoms with E-state index in [0.29, 0.717) is 10.2 Å². The minimum absolute atomic E-state index is 0.0891. The molecule has 0 saturated carbocycles. The van der Waals surface area contributed by atoms with Crippen molar-refractivity contribution in [3.8, 4) is 0 Å². The summed E-state index contributed by atoms with van der Waals surface area (Å²) in [6, 6.07) is 8.70. The molecule has 1 aromatic heterocycles. The molecule has 7 heteroatoms. The number of carbonyl (C=O) groups is 2. The Kier molecular flexibility index (Phi) is 5.32. The fraction of sp³-hybridized carbons (Fsp3) is 0.200. The highest BCUT2D eigenvalue weighted by Gasteiger charge is 2.15. The zero-order valence-corrected chi connectivity index (χ0v) is 13.2. The number of hydrogen-bond donors (Lipinski definition) is 1. The highest BCUT2D eigenvalue weighted by atomic mass is 79.9. The molecule has 0 saturated heterocycles. The number of nitrogens with one attached hydrogen (secondary N) is 1. The monoisotopic (exact) mass is 369 g/mol. The van der Waals surface area contributed by atoms with E-state index >= 15 is 0 Å². The maximum Gasteiger partial charge on any atom is 0.326 e. The van der Waals surface area contributed by atoms with Crippen LogP contribution in [0.4, 0.5) is 4.39 Å². The van der Waals surface area contributed by atoms with Gasteiger partial charge < -0.3 is 14.5 Å². The van der Waals surface area contributed by atoms with Crippen molar-refractivity contribution in [1.29, 1.82) is 0 Å². The lowest BCUT2D eigenvalue weighted by molar-refractivity contribution is -0.147. The largest absolute Gasteiger partial charge is 0.456 e. The van der Waals surface area contributed by atoms with Crippen LogP contribution in [0.25, 0.3) is 0 Å². The first kappa shape index (κ1) is 16.2. The Labute approximate surface area is 134 Å². The minimum Gasteiger partial charge on any atom is -0.456 e. The van der Waals surface area contributed by atoms with E-state index in [9.17, 15) is 14.0 Å². The summed E-state index contributed by atoms with van der Waals surface area (Å²) in [5.74, 6) is -1.39. The van der Waals surface area contributed by atoms with Gasteiger partial charge in [-0.05, 0) is 52.7 Å². The van der Waals surface area contributed by atoms with Gasteiger partial charge in [0, 0.05) is 0 Å². The van der Waals surface area contributed by atoms with Gasteiger partial charge in [0.15, 0.2) is 10.4 Å². The van der Waals surface area contributed by atoms with Crippen LogP contribution in [0.5, 0.6) is 0 Å². The Morgan fingerprint density at radius 3 is 2.55 bits per heavy atom. The summed E-state index contributed by atoms with van der Waals surface area (Å²) in [5, 5.41) is 2.39. The minimum atomic E-state index is -0.601.